The summed E-state index contributed by atoms with van der Waals surface area (Å²) in [7, 11) is 0. The van der Waals surface area contributed by atoms with Gasteiger partial charge in [-0.2, -0.15) is 0 Å². The van der Waals surface area contributed by atoms with Crippen LogP contribution in [0, 0.1) is 16.0 Å². The van der Waals surface area contributed by atoms with Crippen LogP contribution in [0.1, 0.15) is 19.4 Å². The molecule has 7 nitrogen and oxygen atoms in total. The van der Waals surface area contributed by atoms with Gasteiger partial charge in [0, 0.05) is 35.2 Å². The Labute approximate surface area is 161 Å². The number of nitro groups is 1. The zero-order valence-electron chi connectivity index (χ0n) is 15.1. The molecule has 0 fully saturated rings. The van der Waals surface area contributed by atoms with Gasteiger partial charge < -0.3 is 10.6 Å². The number of non-ortho nitro benzene ring substituents is 1. The largest absolute Gasteiger partial charge is 0.351 e. The van der Waals surface area contributed by atoms with Crippen LogP contribution in [0.3, 0.4) is 0 Å². The van der Waals surface area contributed by atoms with Crippen LogP contribution in [0.4, 0.5) is 11.4 Å². The molecule has 0 bridgehead atoms. The van der Waals surface area contributed by atoms with Crippen molar-refractivity contribution in [3.8, 4) is 0 Å². The van der Waals surface area contributed by atoms with Crippen molar-refractivity contribution in [3.63, 3.8) is 0 Å². The number of anilines is 1. The summed E-state index contributed by atoms with van der Waals surface area (Å²) in [6, 6.07) is 13.4. The van der Waals surface area contributed by atoms with Gasteiger partial charge in [-0.05, 0) is 29.8 Å². The Bertz CT molecular complexity index is 805. The lowest BCUT2D eigenvalue weighted by molar-refractivity contribution is -0.384. The maximum absolute atomic E-state index is 12.0. The van der Waals surface area contributed by atoms with Crippen molar-refractivity contribution < 1.29 is 14.5 Å². The first-order chi connectivity index (χ1) is 12.8. The second-order valence-corrected chi connectivity index (χ2v) is 7.21. The van der Waals surface area contributed by atoms with Gasteiger partial charge in [-0.25, -0.2) is 0 Å². The van der Waals surface area contributed by atoms with Gasteiger partial charge in [-0.15, -0.1) is 11.8 Å². The molecule has 0 radical (unpaired) electrons. The monoisotopic (exact) mass is 387 g/mol. The molecule has 2 rings (SSSR count). The van der Waals surface area contributed by atoms with Crippen molar-refractivity contribution in [2.45, 2.75) is 25.3 Å². The summed E-state index contributed by atoms with van der Waals surface area (Å²) < 4.78 is 0. The van der Waals surface area contributed by atoms with E-state index in [1.54, 1.807) is 24.3 Å². The van der Waals surface area contributed by atoms with Crippen molar-refractivity contribution in [3.05, 3.63) is 64.2 Å². The fourth-order valence-corrected chi connectivity index (χ4v) is 2.79. The predicted octanol–water partition coefficient (Wildman–Crippen LogP) is 3.60. The molecule has 0 aliphatic heterocycles. The van der Waals surface area contributed by atoms with Crippen molar-refractivity contribution in [1.29, 1.82) is 0 Å². The lowest BCUT2D eigenvalue weighted by atomic mass is 10.1. The summed E-state index contributed by atoms with van der Waals surface area (Å²) in [5, 5.41) is 16.2. The van der Waals surface area contributed by atoms with E-state index in [4.69, 9.17) is 0 Å². The molecule has 0 saturated carbocycles. The van der Waals surface area contributed by atoms with E-state index in [9.17, 15) is 19.7 Å². The molecule has 2 aromatic rings. The lowest BCUT2D eigenvalue weighted by Crippen LogP contribution is -2.24. The first kappa shape index (κ1) is 20.4. The molecule has 2 aromatic carbocycles. The topological polar surface area (TPSA) is 101 Å². The van der Waals surface area contributed by atoms with E-state index in [1.807, 2.05) is 26.0 Å². The third-order valence-corrected chi connectivity index (χ3v) is 4.67. The van der Waals surface area contributed by atoms with Crippen LogP contribution >= 0.6 is 11.8 Å². The van der Waals surface area contributed by atoms with Gasteiger partial charge in [0.1, 0.15) is 0 Å². The average molecular weight is 387 g/mol. The molecule has 0 unspecified atom stereocenters. The highest BCUT2D eigenvalue weighted by molar-refractivity contribution is 8.00. The number of hydrogen-bond acceptors (Lipinski definition) is 5. The Hall–Kier alpha value is -2.87. The number of amides is 2. The van der Waals surface area contributed by atoms with Crippen molar-refractivity contribution in [2.24, 2.45) is 5.92 Å². The SMILES string of the molecule is CC(C)C(=O)Nc1ccc(CNC(=O)CSc2ccc([N+](=O)[O-])cc2)cc1. The van der Waals surface area contributed by atoms with E-state index in [0.717, 1.165) is 16.1 Å². The van der Waals surface area contributed by atoms with E-state index in [1.165, 1.54) is 23.9 Å². The summed E-state index contributed by atoms with van der Waals surface area (Å²) in [6.07, 6.45) is 0. The first-order valence-electron chi connectivity index (χ1n) is 8.39. The number of carbonyl (C=O) groups is 2. The molecular weight excluding hydrogens is 366 g/mol. The molecule has 8 heteroatoms. The number of benzene rings is 2. The number of nitrogens with one attached hydrogen (secondary N) is 2. The quantitative estimate of drug-likeness (QED) is 0.409. The van der Waals surface area contributed by atoms with Crippen LogP contribution in [0.2, 0.25) is 0 Å². The zero-order valence-corrected chi connectivity index (χ0v) is 15.9. The Morgan fingerprint density at radius 1 is 1.07 bits per heavy atom. The lowest BCUT2D eigenvalue weighted by Gasteiger charge is -2.09. The van der Waals surface area contributed by atoms with Gasteiger partial charge in [0.05, 0.1) is 10.7 Å². The van der Waals surface area contributed by atoms with Gasteiger partial charge in [-0.1, -0.05) is 26.0 Å². The molecule has 0 aliphatic carbocycles. The average Bonchev–Trinajstić information content (AvgIpc) is 2.66. The summed E-state index contributed by atoms with van der Waals surface area (Å²) in [5.41, 5.74) is 1.67. The summed E-state index contributed by atoms with van der Waals surface area (Å²) in [6.45, 7) is 4.04. The van der Waals surface area contributed by atoms with E-state index >= 15 is 0 Å². The molecule has 2 amide bonds. The van der Waals surface area contributed by atoms with Crippen molar-refractivity contribution in [1.82, 2.24) is 5.32 Å². The number of hydrogen-bond donors (Lipinski definition) is 2. The van der Waals surface area contributed by atoms with E-state index in [-0.39, 0.29) is 29.2 Å². The van der Waals surface area contributed by atoms with Gasteiger partial charge in [0.25, 0.3) is 5.69 Å². The highest BCUT2D eigenvalue weighted by Gasteiger charge is 2.08. The standard InChI is InChI=1S/C19H21N3O4S/c1-13(2)19(24)21-15-5-3-14(4-6-15)11-20-18(23)12-27-17-9-7-16(8-10-17)22(25)26/h3-10,13H,11-12H2,1-2H3,(H,20,23)(H,21,24). The number of nitrogens with zero attached hydrogens (tertiary/aromatic N) is 1. The minimum atomic E-state index is -0.458. The second-order valence-electron chi connectivity index (χ2n) is 6.16. The molecule has 0 heterocycles. The van der Waals surface area contributed by atoms with Crippen LogP contribution in [0.15, 0.2) is 53.4 Å². The van der Waals surface area contributed by atoms with Gasteiger partial charge in [-0.3, -0.25) is 19.7 Å². The molecule has 142 valence electrons. The molecule has 0 atom stereocenters. The molecule has 0 saturated heterocycles. The van der Waals surface area contributed by atoms with Crippen LogP contribution in [-0.2, 0) is 16.1 Å². The molecule has 27 heavy (non-hydrogen) atoms. The van der Waals surface area contributed by atoms with E-state index in [2.05, 4.69) is 10.6 Å². The number of nitro benzene ring substituents is 1. The third-order valence-electron chi connectivity index (χ3n) is 3.65. The van der Waals surface area contributed by atoms with Crippen molar-refractivity contribution >= 4 is 35.0 Å². The Kier molecular flexibility index (Phi) is 7.36. The minimum Gasteiger partial charge on any atom is -0.351 e. The first-order valence-corrected chi connectivity index (χ1v) is 9.37. The predicted molar refractivity (Wildman–Crippen MR) is 106 cm³/mol. The second kappa shape index (κ2) is 9.72. The summed E-state index contributed by atoms with van der Waals surface area (Å²) in [5.74, 6) is -0.0348. The Morgan fingerprint density at radius 2 is 1.70 bits per heavy atom. The van der Waals surface area contributed by atoms with E-state index < -0.39 is 4.92 Å². The maximum atomic E-state index is 12.0. The highest BCUT2D eigenvalue weighted by Crippen LogP contribution is 2.21. The van der Waals surface area contributed by atoms with Gasteiger partial charge in [0.15, 0.2) is 0 Å². The van der Waals surface area contributed by atoms with Gasteiger partial charge >= 0.3 is 0 Å². The van der Waals surface area contributed by atoms with E-state index in [0.29, 0.717) is 6.54 Å². The minimum absolute atomic E-state index is 0.0248. The number of rotatable bonds is 8. The maximum Gasteiger partial charge on any atom is 0.269 e. The highest BCUT2D eigenvalue weighted by atomic mass is 32.2. The Morgan fingerprint density at radius 3 is 2.26 bits per heavy atom. The third kappa shape index (κ3) is 6.74. The zero-order chi connectivity index (χ0) is 19.8. The molecule has 0 aliphatic rings. The fourth-order valence-electron chi connectivity index (χ4n) is 2.06. The molecule has 2 N–H and O–H groups in total. The number of carbonyl (C=O) groups excluding carboxylic acids is 2. The number of thioether (sulfide) groups is 1. The Balaban J connectivity index is 1.76. The van der Waals surface area contributed by atoms with Gasteiger partial charge in [0.2, 0.25) is 11.8 Å². The molecule has 0 spiro atoms. The van der Waals surface area contributed by atoms with Crippen LogP contribution in [0.5, 0.6) is 0 Å². The van der Waals surface area contributed by atoms with Crippen LogP contribution in [0.25, 0.3) is 0 Å². The molecular formula is C19H21N3O4S. The fraction of sp³-hybridized carbons (Fsp3) is 0.263. The van der Waals surface area contributed by atoms with Crippen LogP contribution < -0.4 is 10.6 Å². The summed E-state index contributed by atoms with van der Waals surface area (Å²) in [4.78, 5) is 34.6. The van der Waals surface area contributed by atoms with Crippen LogP contribution in [-0.4, -0.2) is 22.5 Å². The molecule has 0 aromatic heterocycles. The summed E-state index contributed by atoms with van der Waals surface area (Å²) >= 11 is 1.31. The smallest absolute Gasteiger partial charge is 0.269 e. The normalized spacial score (nSPS) is 10.5. The van der Waals surface area contributed by atoms with Crippen molar-refractivity contribution in [2.75, 3.05) is 11.1 Å².